The van der Waals surface area contributed by atoms with Crippen molar-refractivity contribution >= 4 is 11.6 Å². The van der Waals surface area contributed by atoms with Gasteiger partial charge in [0.15, 0.2) is 0 Å². The summed E-state index contributed by atoms with van der Waals surface area (Å²) in [5.74, 6) is -0.242. The lowest BCUT2D eigenvalue weighted by Gasteiger charge is -2.25. The van der Waals surface area contributed by atoms with Gasteiger partial charge in [-0.3, -0.25) is 9.89 Å². The molecule has 0 saturated carbocycles. The highest BCUT2D eigenvalue weighted by atomic mass is 16.3. The zero-order chi connectivity index (χ0) is 11.4. The van der Waals surface area contributed by atoms with E-state index in [4.69, 9.17) is 10.8 Å². The van der Waals surface area contributed by atoms with Crippen LogP contribution in [0.15, 0.2) is 6.20 Å². The van der Waals surface area contributed by atoms with Crippen LogP contribution in [0.2, 0.25) is 0 Å². The highest BCUT2D eigenvalue weighted by molar-refractivity contribution is 5.97. The second kappa shape index (κ2) is 4.79. The van der Waals surface area contributed by atoms with Gasteiger partial charge >= 0.3 is 0 Å². The van der Waals surface area contributed by atoms with Gasteiger partial charge in [-0.1, -0.05) is 0 Å². The first-order valence-electron chi connectivity index (χ1n) is 4.78. The minimum atomic E-state index is -0.242. The first-order valence-corrected chi connectivity index (χ1v) is 4.78. The lowest BCUT2D eigenvalue weighted by atomic mass is 10.2. The van der Waals surface area contributed by atoms with Crippen LogP contribution in [-0.2, 0) is 0 Å². The number of carbonyl (C=O) groups is 1. The van der Waals surface area contributed by atoms with Crippen molar-refractivity contribution in [3.8, 4) is 0 Å². The molecule has 0 spiro atoms. The van der Waals surface area contributed by atoms with E-state index in [2.05, 4.69) is 10.2 Å². The standard InChI is InChI=1S/C9H16N4O2/c1-6(2)13(3-4-14)9(15)8-7(10)5-11-12-8/h5-6,14H,3-4,10H2,1-2H3,(H,11,12). The predicted molar refractivity (Wildman–Crippen MR) is 56.3 cm³/mol. The Labute approximate surface area is 88.1 Å². The molecule has 0 aliphatic carbocycles. The molecule has 0 saturated heterocycles. The van der Waals surface area contributed by atoms with Gasteiger partial charge in [0.2, 0.25) is 0 Å². The van der Waals surface area contributed by atoms with Crippen molar-refractivity contribution in [1.82, 2.24) is 15.1 Å². The van der Waals surface area contributed by atoms with Crippen LogP contribution in [0.25, 0.3) is 0 Å². The number of anilines is 1. The Morgan fingerprint density at radius 1 is 1.73 bits per heavy atom. The number of H-pyrrole nitrogens is 1. The Bertz CT molecular complexity index is 335. The normalized spacial score (nSPS) is 10.7. The number of aliphatic hydroxyl groups excluding tert-OH is 1. The number of nitrogens with zero attached hydrogens (tertiary/aromatic N) is 2. The molecule has 0 radical (unpaired) electrons. The van der Waals surface area contributed by atoms with Crippen LogP contribution in [0.4, 0.5) is 5.69 Å². The lowest BCUT2D eigenvalue weighted by Crippen LogP contribution is -2.39. The van der Waals surface area contributed by atoms with Crippen LogP contribution in [-0.4, -0.2) is 45.3 Å². The molecule has 84 valence electrons. The molecule has 15 heavy (non-hydrogen) atoms. The number of aromatic nitrogens is 2. The van der Waals surface area contributed by atoms with Crippen LogP contribution >= 0.6 is 0 Å². The monoisotopic (exact) mass is 212 g/mol. The summed E-state index contributed by atoms with van der Waals surface area (Å²) in [6.45, 7) is 3.97. The van der Waals surface area contributed by atoms with Crippen LogP contribution in [0, 0.1) is 0 Å². The minimum absolute atomic E-state index is 0.00681. The molecular weight excluding hydrogens is 196 g/mol. The maximum atomic E-state index is 11.9. The molecule has 0 bridgehead atoms. The molecule has 0 unspecified atom stereocenters. The number of aliphatic hydroxyl groups is 1. The van der Waals surface area contributed by atoms with E-state index in [9.17, 15) is 4.79 Å². The smallest absolute Gasteiger partial charge is 0.274 e. The SMILES string of the molecule is CC(C)N(CCO)C(=O)c1[nH]ncc1N. The summed E-state index contributed by atoms with van der Waals surface area (Å²) in [5.41, 5.74) is 6.17. The molecule has 1 aromatic rings. The molecule has 0 fully saturated rings. The van der Waals surface area contributed by atoms with Crippen molar-refractivity contribution in [2.75, 3.05) is 18.9 Å². The molecule has 1 amide bonds. The van der Waals surface area contributed by atoms with Crippen molar-refractivity contribution in [3.05, 3.63) is 11.9 Å². The Hall–Kier alpha value is -1.56. The van der Waals surface area contributed by atoms with Crippen LogP contribution < -0.4 is 5.73 Å². The first-order chi connectivity index (χ1) is 7.07. The summed E-state index contributed by atoms with van der Waals surface area (Å²) in [6, 6.07) is 0.00681. The molecule has 0 aromatic carbocycles. The van der Waals surface area contributed by atoms with Gasteiger partial charge in [0.05, 0.1) is 18.5 Å². The highest BCUT2D eigenvalue weighted by Gasteiger charge is 2.21. The Morgan fingerprint density at radius 3 is 2.80 bits per heavy atom. The number of aromatic amines is 1. The van der Waals surface area contributed by atoms with E-state index < -0.39 is 0 Å². The maximum Gasteiger partial charge on any atom is 0.274 e. The third kappa shape index (κ3) is 2.47. The van der Waals surface area contributed by atoms with E-state index in [0.29, 0.717) is 5.69 Å². The van der Waals surface area contributed by atoms with Gasteiger partial charge in [-0.15, -0.1) is 0 Å². The molecular formula is C9H16N4O2. The van der Waals surface area contributed by atoms with Crippen molar-refractivity contribution in [1.29, 1.82) is 0 Å². The lowest BCUT2D eigenvalue weighted by molar-refractivity contribution is 0.0660. The van der Waals surface area contributed by atoms with E-state index in [-0.39, 0.29) is 30.8 Å². The summed E-state index contributed by atoms with van der Waals surface area (Å²) in [7, 11) is 0. The van der Waals surface area contributed by atoms with Crippen LogP contribution in [0.3, 0.4) is 0 Å². The summed E-state index contributed by atoms with van der Waals surface area (Å²) >= 11 is 0. The molecule has 1 aromatic heterocycles. The summed E-state index contributed by atoms with van der Waals surface area (Å²) < 4.78 is 0. The average Bonchev–Trinajstić information content (AvgIpc) is 2.59. The van der Waals surface area contributed by atoms with E-state index in [1.54, 1.807) is 0 Å². The average molecular weight is 212 g/mol. The predicted octanol–water partition coefficient (Wildman–Crippen LogP) is -0.165. The number of hydrogen-bond donors (Lipinski definition) is 3. The quantitative estimate of drug-likeness (QED) is 0.646. The number of nitrogens with one attached hydrogen (secondary N) is 1. The fourth-order valence-electron chi connectivity index (χ4n) is 1.31. The third-order valence-corrected chi connectivity index (χ3v) is 2.11. The van der Waals surface area contributed by atoms with E-state index in [1.807, 2.05) is 13.8 Å². The van der Waals surface area contributed by atoms with Gasteiger partial charge < -0.3 is 15.7 Å². The molecule has 0 atom stereocenters. The van der Waals surface area contributed by atoms with Gasteiger partial charge in [0.25, 0.3) is 5.91 Å². The number of carbonyl (C=O) groups excluding carboxylic acids is 1. The highest BCUT2D eigenvalue weighted by Crippen LogP contribution is 2.11. The van der Waals surface area contributed by atoms with Gasteiger partial charge in [0.1, 0.15) is 5.69 Å². The van der Waals surface area contributed by atoms with Crippen molar-refractivity contribution < 1.29 is 9.90 Å². The molecule has 4 N–H and O–H groups in total. The molecule has 6 nitrogen and oxygen atoms in total. The topological polar surface area (TPSA) is 95.2 Å². The number of rotatable bonds is 4. The van der Waals surface area contributed by atoms with Gasteiger partial charge in [-0.25, -0.2) is 0 Å². The fourth-order valence-corrected chi connectivity index (χ4v) is 1.31. The second-order valence-corrected chi connectivity index (χ2v) is 3.52. The molecule has 6 heteroatoms. The van der Waals surface area contributed by atoms with E-state index >= 15 is 0 Å². The Balaban J connectivity index is 2.86. The maximum absolute atomic E-state index is 11.9. The van der Waals surface area contributed by atoms with Crippen molar-refractivity contribution in [2.45, 2.75) is 19.9 Å². The summed E-state index contributed by atoms with van der Waals surface area (Å²) in [4.78, 5) is 13.5. The molecule has 1 heterocycles. The third-order valence-electron chi connectivity index (χ3n) is 2.11. The fraction of sp³-hybridized carbons (Fsp3) is 0.556. The van der Waals surface area contributed by atoms with Gasteiger partial charge in [-0.2, -0.15) is 5.10 Å². The zero-order valence-corrected chi connectivity index (χ0v) is 8.90. The Kier molecular flexibility index (Phi) is 3.68. The molecule has 0 aliphatic rings. The van der Waals surface area contributed by atoms with Crippen LogP contribution in [0.5, 0.6) is 0 Å². The minimum Gasteiger partial charge on any atom is -0.396 e. The zero-order valence-electron chi connectivity index (χ0n) is 8.90. The largest absolute Gasteiger partial charge is 0.396 e. The van der Waals surface area contributed by atoms with Gasteiger partial charge in [-0.05, 0) is 13.8 Å². The first kappa shape index (κ1) is 11.5. The number of amides is 1. The number of nitrogens with two attached hydrogens (primary N) is 1. The van der Waals surface area contributed by atoms with E-state index in [1.165, 1.54) is 11.1 Å². The molecule has 0 aliphatic heterocycles. The van der Waals surface area contributed by atoms with E-state index in [0.717, 1.165) is 0 Å². The second-order valence-electron chi connectivity index (χ2n) is 3.52. The number of hydrogen-bond acceptors (Lipinski definition) is 4. The summed E-state index contributed by atoms with van der Waals surface area (Å²) in [6.07, 6.45) is 1.39. The Morgan fingerprint density at radius 2 is 2.40 bits per heavy atom. The van der Waals surface area contributed by atoms with Crippen molar-refractivity contribution in [2.24, 2.45) is 0 Å². The summed E-state index contributed by atoms with van der Waals surface area (Å²) in [5, 5.41) is 15.1. The van der Waals surface area contributed by atoms with Crippen LogP contribution in [0.1, 0.15) is 24.3 Å². The van der Waals surface area contributed by atoms with Crippen molar-refractivity contribution in [3.63, 3.8) is 0 Å². The van der Waals surface area contributed by atoms with Gasteiger partial charge in [0, 0.05) is 12.6 Å². The number of nitrogen functional groups attached to an aromatic ring is 1. The molecule has 1 rings (SSSR count).